The second-order valence-electron chi connectivity index (χ2n) is 4.81. The molecule has 0 aromatic heterocycles. The summed E-state index contributed by atoms with van der Waals surface area (Å²) in [5.74, 6) is -1.13. The van der Waals surface area contributed by atoms with Crippen LogP contribution in [0.4, 0.5) is 0 Å². The van der Waals surface area contributed by atoms with Gasteiger partial charge in [-0.15, -0.1) is 0 Å². The van der Waals surface area contributed by atoms with Gasteiger partial charge in [0.15, 0.2) is 0 Å². The molecule has 0 aliphatic carbocycles. The van der Waals surface area contributed by atoms with E-state index >= 15 is 0 Å². The minimum Gasteiger partial charge on any atom is -0.550 e. The largest absolute Gasteiger partial charge is 1.00 e. The van der Waals surface area contributed by atoms with Crippen LogP contribution in [-0.4, -0.2) is 30.5 Å². The number of carboxylic acid groups (broad SMARTS) is 1. The Morgan fingerprint density at radius 1 is 1.26 bits per heavy atom. The van der Waals surface area contributed by atoms with Gasteiger partial charge in [0.25, 0.3) is 0 Å². The number of hydrogen-bond donors (Lipinski definition) is 0. The van der Waals surface area contributed by atoms with Crippen molar-refractivity contribution in [2.24, 2.45) is 5.92 Å². The van der Waals surface area contributed by atoms with Crippen molar-refractivity contribution in [3.05, 3.63) is 34.3 Å². The average molecular weight is 318 g/mol. The number of aliphatic carboxylic acids is 1. The number of carbonyl (C=O) groups is 1. The van der Waals surface area contributed by atoms with E-state index in [1.807, 2.05) is 0 Å². The topological polar surface area (TPSA) is 43.4 Å². The molecule has 1 fully saturated rings. The number of benzene rings is 1. The molecule has 1 aromatic carbocycles. The SMILES string of the molecule is O=C([O-])C1CCN(CCc2ccc(Br)cc2)CC1.[Li+]. The van der Waals surface area contributed by atoms with Gasteiger partial charge in [0, 0.05) is 22.9 Å². The van der Waals surface area contributed by atoms with E-state index in [0.29, 0.717) is 0 Å². The van der Waals surface area contributed by atoms with Gasteiger partial charge in [-0.1, -0.05) is 28.1 Å². The Kier molecular flexibility index (Phi) is 7.16. The van der Waals surface area contributed by atoms with Crippen LogP contribution in [0, 0.1) is 5.92 Å². The second-order valence-corrected chi connectivity index (χ2v) is 5.73. The van der Waals surface area contributed by atoms with Gasteiger partial charge in [-0.2, -0.15) is 0 Å². The van der Waals surface area contributed by atoms with Crippen molar-refractivity contribution in [2.45, 2.75) is 19.3 Å². The van der Waals surface area contributed by atoms with Gasteiger partial charge in [0.05, 0.1) is 0 Å². The van der Waals surface area contributed by atoms with Crippen molar-refractivity contribution in [3.8, 4) is 0 Å². The van der Waals surface area contributed by atoms with Crippen LogP contribution >= 0.6 is 15.9 Å². The molecule has 0 amide bonds. The zero-order valence-electron chi connectivity index (χ0n) is 11.3. The first kappa shape index (κ1) is 16.8. The van der Waals surface area contributed by atoms with Crippen LogP contribution in [0.1, 0.15) is 18.4 Å². The molecule has 0 atom stereocenters. The van der Waals surface area contributed by atoms with Crippen LogP contribution in [0.5, 0.6) is 0 Å². The van der Waals surface area contributed by atoms with Crippen molar-refractivity contribution < 1.29 is 28.8 Å². The maximum Gasteiger partial charge on any atom is 1.00 e. The predicted octanol–water partition coefficient (Wildman–Crippen LogP) is -1.54. The third kappa shape index (κ3) is 5.31. The summed E-state index contributed by atoms with van der Waals surface area (Å²) in [5.41, 5.74) is 1.32. The number of hydrogen-bond acceptors (Lipinski definition) is 3. The molecule has 1 aliphatic heterocycles. The molecule has 1 aromatic rings. The zero-order valence-corrected chi connectivity index (χ0v) is 12.9. The summed E-state index contributed by atoms with van der Waals surface area (Å²) in [6.07, 6.45) is 2.47. The maximum absolute atomic E-state index is 10.7. The van der Waals surface area contributed by atoms with E-state index in [1.54, 1.807) is 0 Å². The summed E-state index contributed by atoms with van der Waals surface area (Å²) in [5, 5.41) is 10.7. The number of rotatable bonds is 4. The van der Waals surface area contributed by atoms with Crippen LogP contribution in [0.25, 0.3) is 0 Å². The van der Waals surface area contributed by atoms with Crippen molar-refractivity contribution in [2.75, 3.05) is 19.6 Å². The first-order valence-corrected chi connectivity index (χ1v) is 7.12. The third-order valence-corrected chi connectivity index (χ3v) is 4.08. The zero-order chi connectivity index (χ0) is 13.0. The van der Waals surface area contributed by atoms with E-state index in [-0.39, 0.29) is 24.8 Å². The third-order valence-electron chi connectivity index (χ3n) is 3.55. The molecule has 1 saturated heterocycles. The van der Waals surface area contributed by atoms with Gasteiger partial charge < -0.3 is 14.8 Å². The molecule has 3 nitrogen and oxygen atoms in total. The minimum atomic E-state index is -0.887. The summed E-state index contributed by atoms with van der Waals surface area (Å²) in [4.78, 5) is 13.1. The van der Waals surface area contributed by atoms with Crippen LogP contribution in [0.2, 0.25) is 0 Å². The minimum absolute atomic E-state index is 0. The number of nitrogens with zero attached hydrogens (tertiary/aromatic N) is 1. The molecule has 0 bridgehead atoms. The molecule has 1 aliphatic rings. The first-order valence-electron chi connectivity index (χ1n) is 6.33. The normalized spacial score (nSPS) is 16.9. The van der Waals surface area contributed by atoms with E-state index in [9.17, 15) is 9.90 Å². The van der Waals surface area contributed by atoms with Crippen LogP contribution in [-0.2, 0) is 11.2 Å². The molecule has 5 heteroatoms. The van der Waals surface area contributed by atoms with Gasteiger partial charge in [-0.25, -0.2) is 0 Å². The monoisotopic (exact) mass is 317 g/mol. The molecular weight excluding hydrogens is 301 g/mol. The molecule has 1 heterocycles. The summed E-state index contributed by atoms with van der Waals surface area (Å²) in [6, 6.07) is 8.35. The Bertz CT molecular complexity index is 402. The smallest absolute Gasteiger partial charge is 0.550 e. The number of carbonyl (C=O) groups excluding carboxylic acids is 1. The van der Waals surface area contributed by atoms with E-state index in [4.69, 9.17) is 0 Å². The number of halogens is 1. The Morgan fingerprint density at radius 2 is 1.84 bits per heavy atom. The van der Waals surface area contributed by atoms with Gasteiger partial charge in [-0.3, -0.25) is 0 Å². The van der Waals surface area contributed by atoms with E-state index < -0.39 is 5.97 Å². The fraction of sp³-hybridized carbons (Fsp3) is 0.500. The van der Waals surface area contributed by atoms with Crippen LogP contribution in [0.3, 0.4) is 0 Å². The fourth-order valence-electron chi connectivity index (χ4n) is 2.33. The van der Waals surface area contributed by atoms with Gasteiger partial charge >= 0.3 is 18.9 Å². The van der Waals surface area contributed by atoms with Crippen molar-refractivity contribution in [3.63, 3.8) is 0 Å². The Labute approximate surface area is 134 Å². The number of piperidine rings is 1. The summed E-state index contributed by atoms with van der Waals surface area (Å²) in [7, 11) is 0. The van der Waals surface area contributed by atoms with Gasteiger partial charge in [0.2, 0.25) is 0 Å². The molecule has 0 radical (unpaired) electrons. The van der Waals surface area contributed by atoms with E-state index in [0.717, 1.165) is 43.4 Å². The molecule has 19 heavy (non-hydrogen) atoms. The maximum atomic E-state index is 10.7. The molecular formula is C14H17BrLiNO2. The average Bonchev–Trinajstić information content (AvgIpc) is 2.38. The van der Waals surface area contributed by atoms with Crippen LogP contribution in [0.15, 0.2) is 28.7 Å². The second kappa shape index (κ2) is 8.11. The van der Waals surface area contributed by atoms with Crippen molar-refractivity contribution in [1.82, 2.24) is 4.90 Å². The van der Waals surface area contributed by atoms with Crippen LogP contribution < -0.4 is 24.0 Å². The van der Waals surface area contributed by atoms with E-state index in [1.165, 1.54) is 5.56 Å². The Morgan fingerprint density at radius 3 is 2.37 bits per heavy atom. The fourth-order valence-corrected chi connectivity index (χ4v) is 2.59. The van der Waals surface area contributed by atoms with Crippen molar-refractivity contribution in [1.29, 1.82) is 0 Å². The summed E-state index contributed by atoms with van der Waals surface area (Å²) in [6.45, 7) is 2.74. The molecule has 98 valence electrons. The summed E-state index contributed by atoms with van der Waals surface area (Å²) >= 11 is 3.42. The number of likely N-dealkylation sites (tertiary alicyclic amines) is 1. The predicted molar refractivity (Wildman–Crippen MR) is 72.0 cm³/mol. The Hall–Kier alpha value is -0.273. The quantitative estimate of drug-likeness (QED) is 0.632. The molecule has 0 spiro atoms. The molecule has 2 rings (SSSR count). The molecule has 0 saturated carbocycles. The molecule has 0 unspecified atom stereocenters. The molecule has 0 N–H and O–H groups in total. The summed E-state index contributed by atoms with van der Waals surface area (Å²) < 4.78 is 1.10. The van der Waals surface area contributed by atoms with E-state index in [2.05, 4.69) is 45.1 Å². The first-order chi connectivity index (χ1) is 8.65. The standard InChI is InChI=1S/C14H18BrNO2.Li/c15-13-3-1-11(2-4-13)5-8-16-9-6-12(7-10-16)14(17)18;/h1-4,12H,5-10H2,(H,17,18);/q;+1/p-1. The van der Waals surface area contributed by atoms with Gasteiger partial charge in [0.1, 0.15) is 0 Å². The van der Waals surface area contributed by atoms with Crippen molar-refractivity contribution >= 4 is 21.9 Å². The number of carboxylic acids is 1. The Balaban J connectivity index is 0.00000180. The van der Waals surface area contributed by atoms with Gasteiger partial charge in [-0.05, 0) is 50.0 Å².